The third-order valence-corrected chi connectivity index (χ3v) is 4.97. The summed E-state index contributed by atoms with van der Waals surface area (Å²) in [6.07, 6.45) is 0.753. The van der Waals surface area contributed by atoms with Gasteiger partial charge in [0.15, 0.2) is 0 Å². The van der Waals surface area contributed by atoms with Gasteiger partial charge in [0, 0.05) is 14.4 Å². The Bertz CT molecular complexity index is 589. The minimum atomic E-state index is 0.0457. The lowest BCUT2D eigenvalue weighted by Crippen LogP contribution is -2.29. The topological polar surface area (TPSA) is 38.0 Å². The average molecular weight is 386 g/mol. The van der Waals surface area contributed by atoms with Gasteiger partial charge in [0.1, 0.15) is 0 Å². The molecule has 0 heterocycles. The van der Waals surface area contributed by atoms with E-state index in [0.717, 1.165) is 32.8 Å². The maximum atomic E-state index is 6.28. The molecular weight excluding hydrogens is 368 g/mol. The molecule has 0 saturated heterocycles. The van der Waals surface area contributed by atoms with Gasteiger partial charge >= 0.3 is 0 Å². The van der Waals surface area contributed by atoms with Gasteiger partial charge in [0.25, 0.3) is 0 Å². The molecule has 3 N–H and O–H groups in total. The number of nitrogens with one attached hydrogen (secondary N) is 1. The normalized spacial score (nSPS) is 12.4. The van der Waals surface area contributed by atoms with Crippen LogP contribution in [-0.4, -0.2) is 5.75 Å². The zero-order valence-electron chi connectivity index (χ0n) is 11.8. The maximum Gasteiger partial charge on any atom is 0.0500 e. The van der Waals surface area contributed by atoms with Crippen LogP contribution in [0.5, 0.6) is 0 Å². The first kappa shape index (κ1) is 16.8. The molecule has 0 spiro atoms. The van der Waals surface area contributed by atoms with E-state index in [1.54, 1.807) is 0 Å². The zero-order chi connectivity index (χ0) is 15.2. The molecule has 0 radical (unpaired) electrons. The number of thioether (sulfide) groups is 1. The Labute approximate surface area is 143 Å². The van der Waals surface area contributed by atoms with Gasteiger partial charge in [-0.25, -0.2) is 0 Å². The van der Waals surface area contributed by atoms with E-state index in [4.69, 9.17) is 17.4 Å². The predicted molar refractivity (Wildman–Crippen MR) is 95.8 cm³/mol. The Kier molecular flexibility index (Phi) is 6.58. The minimum absolute atomic E-state index is 0.0457. The van der Waals surface area contributed by atoms with Crippen molar-refractivity contribution in [1.82, 2.24) is 5.43 Å². The van der Waals surface area contributed by atoms with Crippen LogP contribution in [0.1, 0.15) is 24.1 Å². The number of benzene rings is 2. The molecule has 5 heteroatoms. The lowest BCUT2D eigenvalue weighted by molar-refractivity contribution is 0.551. The van der Waals surface area contributed by atoms with Crippen LogP contribution in [0.4, 0.5) is 0 Å². The van der Waals surface area contributed by atoms with Crippen molar-refractivity contribution in [3.05, 3.63) is 63.1 Å². The molecule has 0 aromatic heterocycles. The van der Waals surface area contributed by atoms with Crippen molar-refractivity contribution in [2.45, 2.75) is 24.3 Å². The van der Waals surface area contributed by atoms with Crippen molar-refractivity contribution in [2.75, 3.05) is 5.75 Å². The highest BCUT2D eigenvalue weighted by atomic mass is 79.9. The smallest absolute Gasteiger partial charge is 0.0500 e. The van der Waals surface area contributed by atoms with Gasteiger partial charge < -0.3 is 0 Å². The molecule has 2 nitrogen and oxygen atoms in total. The zero-order valence-corrected chi connectivity index (χ0v) is 14.9. The quantitative estimate of drug-likeness (QED) is 0.419. The van der Waals surface area contributed by atoms with Crippen LogP contribution in [-0.2, 0) is 6.42 Å². The molecule has 0 amide bonds. The van der Waals surface area contributed by atoms with Gasteiger partial charge in [-0.3, -0.25) is 11.3 Å². The lowest BCUT2D eigenvalue weighted by atomic mass is 9.99. The summed E-state index contributed by atoms with van der Waals surface area (Å²) in [7, 11) is 0. The number of hydrogen-bond donors (Lipinski definition) is 2. The highest BCUT2D eigenvalue weighted by molar-refractivity contribution is 9.10. The van der Waals surface area contributed by atoms with Crippen LogP contribution < -0.4 is 11.3 Å². The van der Waals surface area contributed by atoms with Gasteiger partial charge in [0.05, 0.1) is 6.04 Å². The highest BCUT2D eigenvalue weighted by Gasteiger charge is 2.13. The van der Waals surface area contributed by atoms with Gasteiger partial charge in [-0.1, -0.05) is 52.7 Å². The van der Waals surface area contributed by atoms with Crippen LogP contribution in [0, 0.1) is 0 Å². The molecule has 112 valence electrons. The molecule has 2 aromatic carbocycles. The largest absolute Gasteiger partial charge is 0.271 e. The maximum absolute atomic E-state index is 6.28. The fourth-order valence-electron chi connectivity index (χ4n) is 2.14. The van der Waals surface area contributed by atoms with E-state index >= 15 is 0 Å². The van der Waals surface area contributed by atoms with Crippen LogP contribution in [0.3, 0.4) is 0 Å². The fraction of sp³-hybridized carbons (Fsp3) is 0.250. The molecule has 1 unspecified atom stereocenters. The van der Waals surface area contributed by atoms with Crippen LogP contribution >= 0.6 is 39.3 Å². The van der Waals surface area contributed by atoms with Crippen LogP contribution in [0.2, 0.25) is 5.02 Å². The van der Waals surface area contributed by atoms with E-state index in [0.29, 0.717) is 0 Å². The van der Waals surface area contributed by atoms with Crippen LogP contribution in [0.15, 0.2) is 51.8 Å². The first-order valence-corrected chi connectivity index (χ1v) is 8.92. The average Bonchev–Trinajstić information content (AvgIpc) is 2.48. The number of halogens is 2. The summed E-state index contributed by atoms with van der Waals surface area (Å²) in [5.74, 6) is 6.80. The lowest BCUT2D eigenvalue weighted by Gasteiger charge is -2.17. The Morgan fingerprint density at radius 2 is 1.95 bits per heavy atom. The van der Waals surface area contributed by atoms with E-state index < -0.39 is 0 Å². The van der Waals surface area contributed by atoms with Crippen molar-refractivity contribution < 1.29 is 0 Å². The number of hydrogen-bond acceptors (Lipinski definition) is 3. The molecule has 2 aromatic rings. The molecule has 0 aliphatic carbocycles. The second kappa shape index (κ2) is 8.20. The number of rotatable bonds is 6. The van der Waals surface area contributed by atoms with E-state index in [-0.39, 0.29) is 6.04 Å². The summed E-state index contributed by atoms with van der Waals surface area (Å²) in [6, 6.07) is 14.5. The standard InChI is InChI=1S/C16H18BrClN2S/c1-2-21-14-7-4-11(5-8-14)16(20-19)9-12-3-6-13(17)10-15(12)18/h3-8,10,16,20H,2,9,19H2,1H3. The predicted octanol–water partition coefficient (Wildman–Crippen LogP) is 4.96. The van der Waals surface area contributed by atoms with Crippen molar-refractivity contribution in [3.63, 3.8) is 0 Å². The Balaban J connectivity index is 2.15. The Morgan fingerprint density at radius 1 is 1.24 bits per heavy atom. The summed E-state index contributed by atoms with van der Waals surface area (Å²) in [6.45, 7) is 2.15. The van der Waals surface area contributed by atoms with Crippen LogP contribution in [0.25, 0.3) is 0 Å². The van der Waals surface area contributed by atoms with Gasteiger partial charge in [-0.05, 0) is 47.6 Å². The monoisotopic (exact) mass is 384 g/mol. The number of nitrogens with two attached hydrogens (primary N) is 1. The fourth-order valence-corrected chi connectivity index (χ4v) is 3.56. The first-order valence-electron chi connectivity index (χ1n) is 6.77. The summed E-state index contributed by atoms with van der Waals surface area (Å²) in [5.41, 5.74) is 5.13. The SMILES string of the molecule is CCSc1ccc(C(Cc2ccc(Br)cc2Cl)NN)cc1. The summed E-state index contributed by atoms with van der Waals surface area (Å²) in [4.78, 5) is 1.28. The van der Waals surface area contributed by atoms with Gasteiger partial charge in [-0.2, -0.15) is 0 Å². The van der Waals surface area contributed by atoms with Crippen molar-refractivity contribution in [1.29, 1.82) is 0 Å². The second-order valence-electron chi connectivity index (χ2n) is 4.66. The third-order valence-electron chi connectivity index (χ3n) is 3.23. The van der Waals surface area contributed by atoms with E-state index in [2.05, 4.69) is 52.5 Å². The van der Waals surface area contributed by atoms with Crippen molar-refractivity contribution >= 4 is 39.3 Å². The third kappa shape index (κ3) is 4.73. The van der Waals surface area contributed by atoms with Crippen molar-refractivity contribution in [3.8, 4) is 0 Å². The van der Waals surface area contributed by atoms with E-state index in [9.17, 15) is 0 Å². The van der Waals surface area contributed by atoms with Gasteiger partial charge in [0.2, 0.25) is 0 Å². The summed E-state index contributed by atoms with van der Waals surface area (Å²) < 4.78 is 0.981. The van der Waals surface area contributed by atoms with Crippen molar-refractivity contribution in [2.24, 2.45) is 5.84 Å². The molecule has 0 fully saturated rings. The van der Waals surface area contributed by atoms with E-state index in [1.165, 1.54) is 4.90 Å². The minimum Gasteiger partial charge on any atom is -0.271 e. The number of hydrazine groups is 1. The molecule has 2 rings (SSSR count). The first-order chi connectivity index (χ1) is 10.1. The molecule has 21 heavy (non-hydrogen) atoms. The molecule has 0 aliphatic heterocycles. The molecule has 0 aliphatic rings. The Hall–Kier alpha value is -0.520. The second-order valence-corrected chi connectivity index (χ2v) is 7.32. The summed E-state index contributed by atoms with van der Waals surface area (Å²) >= 11 is 11.5. The molecular formula is C16H18BrClN2S. The molecule has 0 bridgehead atoms. The summed E-state index contributed by atoms with van der Waals surface area (Å²) in [5, 5.41) is 0.753. The molecule has 0 saturated carbocycles. The highest BCUT2D eigenvalue weighted by Crippen LogP contribution is 2.27. The molecule has 1 atom stereocenters. The van der Waals surface area contributed by atoms with Gasteiger partial charge in [-0.15, -0.1) is 11.8 Å². The van der Waals surface area contributed by atoms with E-state index in [1.807, 2.05) is 30.0 Å². The Morgan fingerprint density at radius 3 is 2.52 bits per heavy atom.